The molecule has 0 atom stereocenters. The summed E-state index contributed by atoms with van der Waals surface area (Å²) in [5, 5.41) is 13.8. The highest BCUT2D eigenvalue weighted by Crippen LogP contribution is 2.47. The monoisotopic (exact) mass is 268 g/mol. The molecule has 2 saturated carbocycles. The van der Waals surface area contributed by atoms with Gasteiger partial charge in [0.25, 0.3) is 5.69 Å². The van der Waals surface area contributed by atoms with Crippen LogP contribution < -0.4 is 5.32 Å². The van der Waals surface area contributed by atoms with Crippen LogP contribution in [-0.4, -0.2) is 11.0 Å². The van der Waals surface area contributed by atoms with Crippen molar-refractivity contribution in [1.82, 2.24) is 0 Å². The van der Waals surface area contributed by atoms with Gasteiger partial charge in [0.1, 0.15) is 0 Å². The van der Waals surface area contributed by atoms with Crippen molar-refractivity contribution in [3.63, 3.8) is 0 Å². The molecule has 4 nitrogen and oxygen atoms in total. The van der Waals surface area contributed by atoms with Crippen molar-refractivity contribution in [3.05, 3.63) is 33.9 Å². The molecule has 0 bridgehead atoms. The number of hydrogen-bond acceptors (Lipinski definition) is 3. The average Bonchev–Trinajstić information content (AvgIpc) is 3.24. The van der Waals surface area contributed by atoms with E-state index in [0.717, 1.165) is 37.8 Å². The molecule has 0 spiro atoms. The maximum absolute atomic E-state index is 13.8. The predicted octanol–water partition coefficient (Wildman–Crippen LogP) is 3.47. The van der Waals surface area contributed by atoms with Gasteiger partial charge in [-0.2, -0.15) is 0 Å². The number of nitro benzene ring substituents is 1. The van der Waals surface area contributed by atoms with Gasteiger partial charge in [0, 0.05) is 12.1 Å². The van der Waals surface area contributed by atoms with E-state index in [4.69, 9.17) is 0 Å². The standard InChI is InChI=1S/C13H14F2N2O2/c14-9-5-6-10(17(18)19)13(11(9)15)16-12(7-1-2-7)8-3-4-8/h5-8,12,16H,1-4H2. The molecule has 1 N–H and O–H groups in total. The van der Waals surface area contributed by atoms with Crippen molar-refractivity contribution < 1.29 is 13.7 Å². The molecule has 0 aromatic heterocycles. The summed E-state index contributed by atoms with van der Waals surface area (Å²) in [5.41, 5.74) is -0.695. The lowest BCUT2D eigenvalue weighted by molar-refractivity contribution is -0.384. The van der Waals surface area contributed by atoms with E-state index in [0.29, 0.717) is 11.8 Å². The molecule has 2 aliphatic rings. The number of halogens is 2. The molecule has 19 heavy (non-hydrogen) atoms. The Hall–Kier alpha value is -1.72. The molecule has 0 radical (unpaired) electrons. The van der Waals surface area contributed by atoms with Crippen LogP contribution in [0.2, 0.25) is 0 Å². The van der Waals surface area contributed by atoms with Crippen molar-refractivity contribution >= 4 is 11.4 Å². The fourth-order valence-electron chi connectivity index (χ4n) is 2.53. The van der Waals surface area contributed by atoms with Gasteiger partial charge in [-0.05, 0) is 43.6 Å². The smallest absolute Gasteiger partial charge is 0.295 e. The molecular formula is C13H14F2N2O2. The Balaban J connectivity index is 1.93. The molecule has 0 aliphatic heterocycles. The normalized spacial score (nSPS) is 18.7. The van der Waals surface area contributed by atoms with E-state index in [9.17, 15) is 18.9 Å². The second-order valence-electron chi connectivity index (χ2n) is 5.36. The van der Waals surface area contributed by atoms with E-state index in [1.807, 2.05) is 0 Å². The molecule has 2 fully saturated rings. The molecule has 2 aliphatic carbocycles. The van der Waals surface area contributed by atoms with Gasteiger partial charge in [0.15, 0.2) is 17.3 Å². The Bertz CT molecular complexity index is 516. The molecule has 102 valence electrons. The van der Waals surface area contributed by atoms with Gasteiger partial charge in [-0.15, -0.1) is 0 Å². The first-order chi connectivity index (χ1) is 9.08. The van der Waals surface area contributed by atoms with Crippen LogP contribution in [0.15, 0.2) is 12.1 Å². The first-order valence-electron chi connectivity index (χ1n) is 6.47. The Morgan fingerprint density at radius 1 is 1.21 bits per heavy atom. The summed E-state index contributed by atoms with van der Waals surface area (Å²) in [7, 11) is 0. The molecule has 0 heterocycles. The van der Waals surface area contributed by atoms with Gasteiger partial charge in [-0.3, -0.25) is 10.1 Å². The number of hydrogen-bond donors (Lipinski definition) is 1. The molecule has 3 rings (SSSR count). The summed E-state index contributed by atoms with van der Waals surface area (Å²) < 4.78 is 27.1. The number of benzene rings is 1. The first kappa shape index (κ1) is 12.3. The Labute approximate surface area is 109 Å². The third-order valence-electron chi connectivity index (χ3n) is 3.84. The second-order valence-corrected chi connectivity index (χ2v) is 5.36. The van der Waals surface area contributed by atoms with Gasteiger partial charge in [0.2, 0.25) is 0 Å². The Morgan fingerprint density at radius 2 is 1.79 bits per heavy atom. The molecular weight excluding hydrogens is 254 g/mol. The van der Waals surface area contributed by atoms with Crippen molar-refractivity contribution in [1.29, 1.82) is 0 Å². The van der Waals surface area contributed by atoms with E-state index in [1.54, 1.807) is 0 Å². The molecule has 0 amide bonds. The summed E-state index contributed by atoms with van der Waals surface area (Å²) in [5.74, 6) is -1.33. The summed E-state index contributed by atoms with van der Waals surface area (Å²) in [4.78, 5) is 10.2. The van der Waals surface area contributed by atoms with Crippen LogP contribution in [0.1, 0.15) is 25.7 Å². The zero-order valence-electron chi connectivity index (χ0n) is 10.2. The average molecular weight is 268 g/mol. The van der Waals surface area contributed by atoms with Crippen molar-refractivity contribution in [3.8, 4) is 0 Å². The summed E-state index contributed by atoms with van der Waals surface area (Å²) in [6, 6.07) is 1.84. The number of nitrogens with zero attached hydrogens (tertiary/aromatic N) is 1. The highest BCUT2D eigenvalue weighted by molar-refractivity contribution is 5.63. The van der Waals surface area contributed by atoms with Gasteiger partial charge in [-0.25, -0.2) is 8.78 Å². The first-order valence-corrected chi connectivity index (χ1v) is 6.47. The fourth-order valence-corrected chi connectivity index (χ4v) is 2.53. The van der Waals surface area contributed by atoms with Crippen molar-refractivity contribution in [2.45, 2.75) is 31.7 Å². The maximum atomic E-state index is 13.8. The largest absolute Gasteiger partial charge is 0.374 e. The minimum atomic E-state index is -1.15. The van der Waals surface area contributed by atoms with E-state index in [1.165, 1.54) is 0 Å². The molecule has 0 unspecified atom stereocenters. The lowest BCUT2D eigenvalue weighted by Gasteiger charge is -2.19. The third-order valence-corrected chi connectivity index (χ3v) is 3.84. The Kier molecular flexibility index (Phi) is 2.88. The summed E-state index contributed by atoms with van der Waals surface area (Å²) in [6.07, 6.45) is 4.22. The van der Waals surface area contributed by atoms with Crippen LogP contribution in [-0.2, 0) is 0 Å². The lowest BCUT2D eigenvalue weighted by Crippen LogP contribution is -2.25. The van der Waals surface area contributed by atoms with Gasteiger partial charge in [0.05, 0.1) is 4.92 Å². The number of rotatable bonds is 5. The molecule has 0 saturated heterocycles. The summed E-state index contributed by atoms with van der Waals surface area (Å²) >= 11 is 0. The van der Waals surface area contributed by atoms with Crippen molar-refractivity contribution in [2.24, 2.45) is 11.8 Å². The third kappa shape index (κ3) is 2.39. The van der Waals surface area contributed by atoms with Crippen LogP contribution in [0.4, 0.5) is 20.2 Å². The highest BCUT2D eigenvalue weighted by atomic mass is 19.2. The topological polar surface area (TPSA) is 55.2 Å². The van der Waals surface area contributed by atoms with Crippen LogP contribution in [0.25, 0.3) is 0 Å². The van der Waals surface area contributed by atoms with E-state index in [-0.39, 0.29) is 11.7 Å². The number of anilines is 1. The van der Waals surface area contributed by atoms with Gasteiger partial charge >= 0.3 is 0 Å². The zero-order valence-corrected chi connectivity index (χ0v) is 10.2. The highest BCUT2D eigenvalue weighted by Gasteiger charge is 2.42. The molecule has 6 heteroatoms. The van der Waals surface area contributed by atoms with Gasteiger partial charge < -0.3 is 5.32 Å². The second kappa shape index (κ2) is 4.43. The van der Waals surface area contributed by atoms with Crippen LogP contribution in [0.5, 0.6) is 0 Å². The zero-order chi connectivity index (χ0) is 13.6. The molecule has 1 aromatic rings. The molecule has 1 aromatic carbocycles. The maximum Gasteiger partial charge on any atom is 0.295 e. The van der Waals surface area contributed by atoms with Gasteiger partial charge in [-0.1, -0.05) is 0 Å². The van der Waals surface area contributed by atoms with Crippen LogP contribution >= 0.6 is 0 Å². The predicted molar refractivity (Wildman–Crippen MR) is 65.9 cm³/mol. The fraction of sp³-hybridized carbons (Fsp3) is 0.538. The SMILES string of the molecule is O=[N+]([O-])c1ccc(F)c(F)c1NC(C1CC1)C1CC1. The van der Waals surface area contributed by atoms with Crippen molar-refractivity contribution in [2.75, 3.05) is 5.32 Å². The minimum Gasteiger partial charge on any atom is -0.374 e. The van der Waals surface area contributed by atoms with E-state index < -0.39 is 22.2 Å². The minimum absolute atomic E-state index is 0.0370. The quantitative estimate of drug-likeness (QED) is 0.657. The number of nitrogens with one attached hydrogen (secondary N) is 1. The lowest BCUT2D eigenvalue weighted by atomic mass is 10.1. The van der Waals surface area contributed by atoms with E-state index >= 15 is 0 Å². The van der Waals surface area contributed by atoms with E-state index in [2.05, 4.69) is 5.32 Å². The van der Waals surface area contributed by atoms with Crippen LogP contribution in [0.3, 0.4) is 0 Å². The van der Waals surface area contributed by atoms with Crippen LogP contribution in [0, 0.1) is 33.6 Å². The summed E-state index contributed by atoms with van der Waals surface area (Å²) in [6.45, 7) is 0. The Morgan fingerprint density at radius 3 is 2.26 bits per heavy atom. The number of nitro groups is 1.